The zero-order chi connectivity index (χ0) is 18.2. The average molecular weight is 395 g/mol. The lowest BCUT2D eigenvalue weighted by Gasteiger charge is -2.36. The number of halogens is 1. The fourth-order valence-electron chi connectivity index (χ4n) is 3.80. The van der Waals surface area contributed by atoms with Crippen molar-refractivity contribution >= 4 is 24.2 Å². The SMILES string of the molecule is Cl.O=C(NCC1CCCCN1CCC(=O)N1CCNCC1)c1ccccc1. The number of benzene rings is 1. The first-order valence-corrected chi connectivity index (χ1v) is 9.80. The predicted molar refractivity (Wildman–Crippen MR) is 109 cm³/mol. The van der Waals surface area contributed by atoms with Gasteiger partial charge in [0, 0.05) is 57.3 Å². The number of rotatable bonds is 6. The highest BCUT2D eigenvalue weighted by atomic mass is 35.5. The first-order valence-electron chi connectivity index (χ1n) is 9.80. The van der Waals surface area contributed by atoms with Crippen LogP contribution in [0.3, 0.4) is 0 Å². The summed E-state index contributed by atoms with van der Waals surface area (Å²) in [6.07, 6.45) is 4.01. The molecule has 0 saturated carbocycles. The molecule has 2 aliphatic heterocycles. The highest BCUT2D eigenvalue weighted by Crippen LogP contribution is 2.17. The average Bonchev–Trinajstić information content (AvgIpc) is 2.72. The second-order valence-electron chi connectivity index (χ2n) is 7.14. The smallest absolute Gasteiger partial charge is 0.251 e. The maximum absolute atomic E-state index is 12.4. The van der Waals surface area contributed by atoms with Gasteiger partial charge < -0.3 is 15.5 Å². The van der Waals surface area contributed by atoms with Gasteiger partial charge in [-0.25, -0.2) is 0 Å². The fourth-order valence-corrected chi connectivity index (χ4v) is 3.80. The van der Waals surface area contributed by atoms with Crippen LogP contribution in [0.5, 0.6) is 0 Å². The molecule has 2 heterocycles. The van der Waals surface area contributed by atoms with Gasteiger partial charge in [0.05, 0.1) is 0 Å². The standard InChI is InChI=1S/C20H30N4O2.ClH/c25-19(24-14-10-21-11-15-24)9-13-23-12-5-4-8-18(23)16-22-20(26)17-6-2-1-3-7-17;/h1-3,6-7,18,21H,4-5,8-16H2,(H,22,26);1H. The van der Waals surface area contributed by atoms with Crippen LogP contribution in [0.4, 0.5) is 0 Å². The van der Waals surface area contributed by atoms with Crippen molar-refractivity contribution in [3.05, 3.63) is 35.9 Å². The van der Waals surface area contributed by atoms with E-state index in [2.05, 4.69) is 15.5 Å². The van der Waals surface area contributed by atoms with E-state index in [9.17, 15) is 9.59 Å². The summed E-state index contributed by atoms with van der Waals surface area (Å²) in [5.41, 5.74) is 0.698. The minimum Gasteiger partial charge on any atom is -0.350 e. The number of likely N-dealkylation sites (tertiary alicyclic amines) is 1. The summed E-state index contributed by atoms with van der Waals surface area (Å²) >= 11 is 0. The van der Waals surface area contributed by atoms with Crippen molar-refractivity contribution in [3.63, 3.8) is 0 Å². The number of hydrogen-bond donors (Lipinski definition) is 2. The topological polar surface area (TPSA) is 64.7 Å². The van der Waals surface area contributed by atoms with E-state index in [1.807, 2.05) is 35.2 Å². The first kappa shape index (κ1) is 21.7. The Morgan fingerprint density at radius 2 is 1.81 bits per heavy atom. The quantitative estimate of drug-likeness (QED) is 0.767. The fraction of sp³-hybridized carbons (Fsp3) is 0.600. The molecule has 0 aromatic heterocycles. The van der Waals surface area contributed by atoms with E-state index in [1.165, 1.54) is 12.8 Å². The normalized spacial score (nSPS) is 20.6. The molecule has 0 spiro atoms. The lowest BCUT2D eigenvalue weighted by Crippen LogP contribution is -2.49. The predicted octanol–water partition coefficient (Wildman–Crippen LogP) is 1.51. The van der Waals surface area contributed by atoms with Crippen LogP contribution in [0.25, 0.3) is 0 Å². The van der Waals surface area contributed by atoms with Gasteiger partial charge in [-0.05, 0) is 31.5 Å². The molecule has 2 N–H and O–H groups in total. The Bertz CT molecular complexity index is 593. The number of nitrogens with one attached hydrogen (secondary N) is 2. The molecular formula is C20H31ClN4O2. The monoisotopic (exact) mass is 394 g/mol. The van der Waals surface area contributed by atoms with Crippen molar-refractivity contribution in [1.82, 2.24) is 20.4 Å². The zero-order valence-electron chi connectivity index (χ0n) is 15.9. The van der Waals surface area contributed by atoms with E-state index in [0.717, 1.165) is 45.7 Å². The van der Waals surface area contributed by atoms with Crippen LogP contribution in [0.1, 0.15) is 36.0 Å². The minimum atomic E-state index is -0.0204. The number of piperazine rings is 1. The summed E-state index contributed by atoms with van der Waals surface area (Å²) in [4.78, 5) is 29.0. The molecule has 1 unspecified atom stereocenters. The molecule has 27 heavy (non-hydrogen) atoms. The van der Waals surface area contributed by atoms with Crippen LogP contribution in [0, 0.1) is 0 Å². The van der Waals surface area contributed by atoms with Crippen LogP contribution in [0.2, 0.25) is 0 Å². The summed E-state index contributed by atoms with van der Waals surface area (Å²) < 4.78 is 0. The van der Waals surface area contributed by atoms with Crippen LogP contribution in [-0.2, 0) is 4.79 Å². The number of carbonyl (C=O) groups excluding carboxylic acids is 2. The van der Waals surface area contributed by atoms with Gasteiger partial charge in [-0.1, -0.05) is 24.6 Å². The first-order chi connectivity index (χ1) is 12.7. The van der Waals surface area contributed by atoms with E-state index in [1.54, 1.807) is 0 Å². The van der Waals surface area contributed by atoms with E-state index in [4.69, 9.17) is 0 Å². The molecule has 3 rings (SSSR count). The summed E-state index contributed by atoms with van der Waals surface area (Å²) in [5, 5.41) is 6.34. The van der Waals surface area contributed by atoms with Gasteiger partial charge in [-0.2, -0.15) is 0 Å². The van der Waals surface area contributed by atoms with Gasteiger partial charge in [0.15, 0.2) is 0 Å². The number of nitrogens with zero attached hydrogens (tertiary/aromatic N) is 2. The molecule has 2 aliphatic rings. The number of carbonyl (C=O) groups is 2. The molecule has 7 heteroatoms. The third-order valence-electron chi connectivity index (χ3n) is 5.37. The second kappa shape index (κ2) is 11.3. The van der Waals surface area contributed by atoms with Crippen molar-refractivity contribution in [1.29, 1.82) is 0 Å². The molecule has 1 aromatic rings. The molecule has 0 bridgehead atoms. The zero-order valence-corrected chi connectivity index (χ0v) is 16.7. The van der Waals surface area contributed by atoms with Gasteiger partial charge in [-0.15, -0.1) is 12.4 Å². The Hall–Kier alpha value is -1.63. The van der Waals surface area contributed by atoms with E-state index >= 15 is 0 Å². The number of piperidine rings is 1. The largest absolute Gasteiger partial charge is 0.350 e. The molecule has 0 radical (unpaired) electrons. The lowest BCUT2D eigenvalue weighted by molar-refractivity contribution is -0.132. The molecule has 6 nitrogen and oxygen atoms in total. The van der Waals surface area contributed by atoms with Gasteiger partial charge >= 0.3 is 0 Å². The second-order valence-corrected chi connectivity index (χ2v) is 7.14. The Kier molecular flexibility index (Phi) is 9.04. The highest BCUT2D eigenvalue weighted by molar-refractivity contribution is 5.94. The van der Waals surface area contributed by atoms with Crippen molar-refractivity contribution < 1.29 is 9.59 Å². The van der Waals surface area contributed by atoms with Gasteiger partial charge in [-0.3, -0.25) is 14.5 Å². The van der Waals surface area contributed by atoms with Gasteiger partial charge in [0.25, 0.3) is 5.91 Å². The highest BCUT2D eigenvalue weighted by Gasteiger charge is 2.24. The molecular weight excluding hydrogens is 364 g/mol. The van der Waals surface area contributed by atoms with Gasteiger partial charge in [0.2, 0.25) is 5.91 Å². The number of amides is 2. The van der Waals surface area contributed by atoms with Crippen LogP contribution in [-0.4, -0.2) is 73.5 Å². The Morgan fingerprint density at radius 1 is 1.07 bits per heavy atom. The molecule has 2 saturated heterocycles. The molecule has 1 aromatic carbocycles. The summed E-state index contributed by atoms with van der Waals surface area (Å²) in [7, 11) is 0. The Labute approximate surface area is 168 Å². The van der Waals surface area contributed by atoms with Crippen molar-refractivity contribution in [2.75, 3.05) is 45.8 Å². The Balaban J connectivity index is 0.00000261. The minimum absolute atomic E-state index is 0. The molecule has 0 aliphatic carbocycles. The maximum Gasteiger partial charge on any atom is 0.251 e. The summed E-state index contributed by atoms with van der Waals surface area (Å²) in [6, 6.07) is 9.66. The van der Waals surface area contributed by atoms with Crippen LogP contribution >= 0.6 is 12.4 Å². The van der Waals surface area contributed by atoms with E-state index < -0.39 is 0 Å². The third kappa shape index (κ3) is 6.48. The van der Waals surface area contributed by atoms with Gasteiger partial charge in [0.1, 0.15) is 0 Å². The summed E-state index contributed by atoms with van der Waals surface area (Å²) in [5.74, 6) is 0.233. The third-order valence-corrected chi connectivity index (χ3v) is 5.37. The molecule has 150 valence electrons. The van der Waals surface area contributed by atoms with Crippen molar-refractivity contribution in [2.24, 2.45) is 0 Å². The molecule has 2 amide bonds. The summed E-state index contributed by atoms with van der Waals surface area (Å²) in [6.45, 7) is 5.86. The van der Waals surface area contributed by atoms with Crippen molar-refractivity contribution in [3.8, 4) is 0 Å². The lowest BCUT2D eigenvalue weighted by atomic mass is 10.0. The Morgan fingerprint density at radius 3 is 2.56 bits per heavy atom. The van der Waals surface area contributed by atoms with Crippen molar-refractivity contribution in [2.45, 2.75) is 31.7 Å². The number of hydrogen-bond acceptors (Lipinski definition) is 4. The van der Waals surface area contributed by atoms with E-state index in [-0.39, 0.29) is 24.2 Å². The van der Waals surface area contributed by atoms with Crippen LogP contribution in [0.15, 0.2) is 30.3 Å². The van der Waals surface area contributed by atoms with E-state index in [0.29, 0.717) is 24.6 Å². The maximum atomic E-state index is 12.4. The molecule has 1 atom stereocenters. The molecule has 2 fully saturated rings. The van der Waals surface area contributed by atoms with Crippen LogP contribution < -0.4 is 10.6 Å².